The van der Waals surface area contributed by atoms with Crippen LogP contribution in [-0.4, -0.2) is 34.6 Å². The van der Waals surface area contributed by atoms with Gasteiger partial charge in [0.1, 0.15) is 5.52 Å². The van der Waals surface area contributed by atoms with Gasteiger partial charge < -0.3 is 14.1 Å². The molecule has 1 unspecified atom stereocenters. The average molecular weight is 345 g/mol. The Kier molecular flexibility index (Phi) is 4.21. The molecule has 0 amide bonds. The van der Waals surface area contributed by atoms with E-state index in [1.807, 2.05) is 18.2 Å². The molecule has 0 aliphatic carbocycles. The Morgan fingerprint density at radius 3 is 3.17 bits per heavy atom. The third-order valence-corrected chi connectivity index (χ3v) is 4.37. The van der Waals surface area contributed by atoms with Gasteiger partial charge in [-0.3, -0.25) is 4.98 Å². The first-order valence-electron chi connectivity index (χ1n) is 7.98. The van der Waals surface area contributed by atoms with Crippen LogP contribution in [0.4, 0.5) is 6.01 Å². The van der Waals surface area contributed by atoms with E-state index in [1.165, 1.54) is 0 Å². The average Bonchev–Trinajstić information content (AvgIpc) is 3.04. The van der Waals surface area contributed by atoms with Gasteiger partial charge in [0.05, 0.1) is 12.8 Å². The fraction of sp³-hybridized carbons (Fsp3) is 0.353. The summed E-state index contributed by atoms with van der Waals surface area (Å²) in [6.07, 6.45) is 7.09. The van der Waals surface area contributed by atoms with Crippen LogP contribution < -0.4 is 9.64 Å². The maximum absolute atomic E-state index is 6.01. The lowest BCUT2D eigenvalue weighted by molar-refractivity contribution is 0.219. The summed E-state index contributed by atoms with van der Waals surface area (Å²) in [4.78, 5) is 14.9. The molecule has 0 bridgehead atoms. The number of halogens is 1. The summed E-state index contributed by atoms with van der Waals surface area (Å²) in [5.41, 5.74) is 1.54. The van der Waals surface area contributed by atoms with E-state index in [2.05, 4.69) is 19.9 Å². The van der Waals surface area contributed by atoms with Crippen molar-refractivity contribution in [1.82, 2.24) is 15.0 Å². The Hall–Kier alpha value is -2.34. The number of benzene rings is 1. The molecule has 7 heteroatoms. The van der Waals surface area contributed by atoms with Crippen molar-refractivity contribution in [2.45, 2.75) is 12.8 Å². The van der Waals surface area contributed by atoms with Gasteiger partial charge in [0.15, 0.2) is 5.58 Å². The fourth-order valence-corrected chi connectivity index (χ4v) is 3.13. The first-order chi connectivity index (χ1) is 11.8. The van der Waals surface area contributed by atoms with Gasteiger partial charge in [-0.25, -0.2) is 4.98 Å². The van der Waals surface area contributed by atoms with Gasteiger partial charge >= 0.3 is 0 Å². The highest BCUT2D eigenvalue weighted by Gasteiger charge is 2.24. The minimum absolute atomic E-state index is 0.402. The molecular weight excluding hydrogens is 328 g/mol. The van der Waals surface area contributed by atoms with Crippen molar-refractivity contribution in [3.8, 4) is 5.88 Å². The number of oxazole rings is 1. The molecule has 3 heterocycles. The Morgan fingerprint density at radius 1 is 1.33 bits per heavy atom. The van der Waals surface area contributed by atoms with Crippen LogP contribution >= 0.6 is 11.6 Å². The largest absolute Gasteiger partial charge is 0.476 e. The lowest BCUT2D eigenvalue weighted by atomic mass is 9.99. The molecule has 1 saturated heterocycles. The number of nitrogens with zero attached hydrogens (tertiary/aromatic N) is 4. The highest BCUT2D eigenvalue weighted by Crippen LogP contribution is 2.28. The van der Waals surface area contributed by atoms with Gasteiger partial charge in [-0.2, -0.15) is 4.98 Å². The second-order valence-corrected chi connectivity index (χ2v) is 6.35. The molecular formula is C17H17ClN4O2. The molecule has 1 fully saturated rings. The predicted octanol–water partition coefficient (Wildman–Crippen LogP) is 3.57. The third-order valence-electron chi connectivity index (χ3n) is 4.13. The SMILES string of the molecule is Clc1ccc2oc(N3CCCC(COc4cnccn4)C3)nc2c1. The molecule has 1 aliphatic rings. The minimum Gasteiger partial charge on any atom is -0.476 e. The molecule has 0 saturated carbocycles. The summed E-state index contributed by atoms with van der Waals surface area (Å²) in [6, 6.07) is 6.14. The highest BCUT2D eigenvalue weighted by molar-refractivity contribution is 6.31. The number of hydrogen-bond donors (Lipinski definition) is 0. The maximum atomic E-state index is 6.01. The third kappa shape index (κ3) is 3.28. The summed E-state index contributed by atoms with van der Waals surface area (Å²) in [6.45, 7) is 2.39. The van der Waals surface area contributed by atoms with E-state index in [9.17, 15) is 0 Å². The number of ether oxygens (including phenoxy) is 1. The molecule has 124 valence electrons. The zero-order valence-electron chi connectivity index (χ0n) is 13.1. The minimum atomic E-state index is 0.402. The molecule has 24 heavy (non-hydrogen) atoms. The van der Waals surface area contributed by atoms with Crippen LogP contribution in [0.1, 0.15) is 12.8 Å². The lowest BCUT2D eigenvalue weighted by Crippen LogP contribution is -2.38. The fourth-order valence-electron chi connectivity index (χ4n) is 2.96. The molecule has 1 aromatic carbocycles. The summed E-state index contributed by atoms with van der Waals surface area (Å²) in [5.74, 6) is 0.963. The predicted molar refractivity (Wildman–Crippen MR) is 91.5 cm³/mol. The second kappa shape index (κ2) is 6.65. The molecule has 1 aliphatic heterocycles. The summed E-state index contributed by atoms with van der Waals surface area (Å²) < 4.78 is 11.6. The van der Waals surface area contributed by atoms with Crippen molar-refractivity contribution < 1.29 is 9.15 Å². The van der Waals surface area contributed by atoms with E-state index in [-0.39, 0.29) is 0 Å². The Balaban J connectivity index is 1.43. The van der Waals surface area contributed by atoms with Crippen molar-refractivity contribution in [2.24, 2.45) is 5.92 Å². The van der Waals surface area contributed by atoms with Crippen LogP contribution in [0.25, 0.3) is 11.1 Å². The zero-order valence-corrected chi connectivity index (χ0v) is 13.8. The van der Waals surface area contributed by atoms with Crippen LogP contribution in [0.5, 0.6) is 5.88 Å². The van der Waals surface area contributed by atoms with Crippen LogP contribution in [0, 0.1) is 5.92 Å². The van der Waals surface area contributed by atoms with Crippen molar-refractivity contribution >= 4 is 28.7 Å². The number of rotatable bonds is 4. The standard InChI is InChI=1S/C17H17ClN4O2/c18-13-3-4-15-14(8-13)21-17(24-15)22-7-1-2-12(10-22)11-23-16-9-19-5-6-20-16/h3-6,8-9,12H,1-2,7,10-11H2. The van der Waals surface area contributed by atoms with E-state index in [0.717, 1.165) is 37.0 Å². The Labute approximate surface area is 144 Å². The molecule has 2 aromatic heterocycles. The quantitative estimate of drug-likeness (QED) is 0.721. The molecule has 0 radical (unpaired) electrons. The van der Waals surface area contributed by atoms with Gasteiger partial charge in [0.25, 0.3) is 6.01 Å². The van der Waals surface area contributed by atoms with E-state index >= 15 is 0 Å². The number of anilines is 1. The Bertz CT molecular complexity index is 824. The zero-order chi connectivity index (χ0) is 16.4. The smallest absolute Gasteiger partial charge is 0.298 e. The van der Waals surface area contributed by atoms with Gasteiger partial charge in [0, 0.05) is 36.4 Å². The normalized spacial score (nSPS) is 18.0. The molecule has 1 atom stereocenters. The highest BCUT2D eigenvalue weighted by atomic mass is 35.5. The topological polar surface area (TPSA) is 64.3 Å². The van der Waals surface area contributed by atoms with Gasteiger partial charge in [0.2, 0.25) is 5.88 Å². The molecule has 3 aromatic rings. The second-order valence-electron chi connectivity index (χ2n) is 5.92. The molecule has 4 rings (SSSR count). The lowest BCUT2D eigenvalue weighted by Gasteiger charge is -2.31. The van der Waals surface area contributed by atoms with Crippen molar-refractivity contribution in [3.05, 3.63) is 41.8 Å². The maximum Gasteiger partial charge on any atom is 0.298 e. The number of hydrogen-bond acceptors (Lipinski definition) is 6. The van der Waals surface area contributed by atoms with Crippen LogP contribution in [-0.2, 0) is 0 Å². The van der Waals surface area contributed by atoms with Crippen molar-refractivity contribution in [2.75, 3.05) is 24.6 Å². The van der Waals surface area contributed by atoms with E-state index in [4.69, 9.17) is 20.8 Å². The molecule has 0 spiro atoms. The van der Waals surface area contributed by atoms with Crippen LogP contribution in [0.2, 0.25) is 5.02 Å². The number of aromatic nitrogens is 3. The first-order valence-corrected chi connectivity index (χ1v) is 8.35. The summed E-state index contributed by atoms with van der Waals surface area (Å²) >= 11 is 6.01. The van der Waals surface area contributed by atoms with E-state index in [1.54, 1.807) is 18.6 Å². The van der Waals surface area contributed by atoms with Crippen molar-refractivity contribution in [3.63, 3.8) is 0 Å². The monoisotopic (exact) mass is 344 g/mol. The van der Waals surface area contributed by atoms with Gasteiger partial charge in [-0.05, 0) is 31.0 Å². The van der Waals surface area contributed by atoms with Crippen LogP contribution in [0.3, 0.4) is 0 Å². The summed E-state index contributed by atoms with van der Waals surface area (Å²) in [7, 11) is 0. The molecule has 0 N–H and O–H groups in total. The first kappa shape index (κ1) is 15.2. The van der Waals surface area contributed by atoms with Crippen LogP contribution in [0.15, 0.2) is 41.2 Å². The Morgan fingerprint density at radius 2 is 2.29 bits per heavy atom. The van der Waals surface area contributed by atoms with Gasteiger partial charge in [-0.15, -0.1) is 0 Å². The number of fused-ring (bicyclic) bond motifs is 1. The molecule has 6 nitrogen and oxygen atoms in total. The van der Waals surface area contributed by atoms with Crippen molar-refractivity contribution in [1.29, 1.82) is 0 Å². The van der Waals surface area contributed by atoms with E-state index < -0.39 is 0 Å². The number of piperidine rings is 1. The van der Waals surface area contributed by atoms with E-state index in [0.29, 0.717) is 29.4 Å². The summed E-state index contributed by atoms with van der Waals surface area (Å²) in [5, 5.41) is 0.663. The van der Waals surface area contributed by atoms with Gasteiger partial charge in [-0.1, -0.05) is 11.6 Å².